The smallest absolute Gasteiger partial charge is 0.306 e. The molecule has 4 rings (SSSR count). The van der Waals surface area contributed by atoms with Gasteiger partial charge in [-0.1, -0.05) is 6.07 Å². The lowest BCUT2D eigenvalue weighted by Gasteiger charge is -2.21. The predicted octanol–water partition coefficient (Wildman–Crippen LogP) is 7.40. The fraction of sp³-hybridized carbons (Fsp3) is 0.323. The Kier molecular flexibility index (Phi) is 8.98. The lowest BCUT2D eigenvalue weighted by Crippen LogP contribution is -2.24. The maximum atomic E-state index is 14.1. The van der Waals surface area contributed by atoms with Gasteiger partial charge in [0.15, 0.2) is 28.8 Å². The largest absolute Gasteiger partial charge is 0.485 e. The topological polar surface area (TPSA) is 69.9 Å². The molecular weight excluding hydrogens is 559 g/mol. The van der Waals surface area contributed by atoms with Crippen molar-refractivity contribution >= 4 is 17.4 Å². The van der Waals surface area contributed by atoms with Crippen molar-refractivity contribution in [2.75, 3.05) is 0 Å². The van der Waals surface area contributed by atoms with Gasteiger partial charge >= 0.3 is 5.97 Å². The van der Waals surface area contributed by atoms with Gasteiger partial charge in [-0.3, -0.25) is 14.0 Å². The minimum Gasteiger partial charge on any atom is -0.485 e. The number of fused-ring (bicyclic) bond motifs is 1. The summed E-state index contributed by atoms with van der Waals surface area (Å²) < 4.78 is 81.7. The maximum Gasteiger partial charge on any atom is 0.306 e. The van der Waals surface area contributed by atoms with Crippen molar-refractivity contribution in [1.82, 2.24) is 9.38 Å². The number of imidazole rings is 1. The molecule has 42 heavy (non-hydrogen) atoms. The van der Waals surface area contributed by atoms with E-state index >= 15 is 0 Å². The highest BCUT2D eigenvalue weighted by Crippen LogP contribution is 2.31. The van der Waals surface area contributed by atoms with Crippen LogP contribution in [0.1, 0.15) is 73.3 Å². The third-order valence-corrected chi connectivity index (χ3v) is 6.49. The Morgan fingerprint density at radius 3 is 2.29 bits per heavy atom. The first-order valence-electron chi connectivity index (χ1n) is 13.2. The highest BCUT2D eigenvalue weighted by Gasteiger charge is 2.26. The Morgan fingerprint density at radius 2 is 1.64 bits per heavy atom. The molecule has 0 saturated heterocycles. The van der Waals surface area contributed by atoms with Crippen LogP contribution in [0.25, 0.3) is 5.65 Å². The van der Waals surface area contributed by atoms with Crippen LogP contribution in [0.5, 0.6) is 5.75 Å². The first-order valence-corrected chi connectivity index (χ1v) is 13.2. The van der Waals surface area contributed by atoms with Crippen LogP contribution < -0.4 is 4.74 Å². The predicted molar refractivity (Wildman–Crippen MR) is 144 cm³/mol. The average molecular weight is 589 g/mol. The molecule has 6 nitrogen and oxygen atoms in total. The van der Waals surface area contributed by atoms with Gasteiger partial charge in [-0.25, -0.2) is 26.9 Å². The second-order valence-corrected chi connectivity index (χ2v) is 10.9. The first kappa shape index (κ1) is 30.7. The molecule has 0 fully saturated rings. The molecular formula is C31H29F5N2O4. The molecule has 2 aromatic heterocycles. The molecule has 1 atom stereocenters. The number of aryl methyl sites for hydroxylation is 1. The molecule has 0 aliphatic carbocycles. The Labute approximate surface area is 239 Å². The number of esters is 1. The van der Waals surface area contributed by atoms with Gasteiger partial charge in [-0.05, 0) is 69.9 Å². The number of pyridine rings is 1. The van der Waals surface area contributed by atoms with Crippen LogP contribution in [0.4, 0.5) is 22.0 Å². The third kappa shape index (κ3) is 7.13. The summed E-state index contributed by atoms with van der Waals surface area (Å²) in [6.07, 6.45) is 1.46. The van der Waals surface area contributed by atoms with Gasteiger partial charge in [-0.2, -0.15) is 0 Å². The number of nitrogens with zero attached hydrogens (tertiary/aromatic N) is 2. The Hall–Kier alpha value is -4.28. The maximum absolute atomic E-state index is 14.1. The number of benzene rings is 2. The van der Waals surface area contributed by atoms with Crippen molar-refractivity contribution in [2.24, 2.45) is 0 Å². The molecule has 0 spiro atoms. The van der Waals surface area contributed by atoms with Crippen LogP contribution in [0.3, 0.4) is 0 Å². The second kappa shape index (κ2) is 12.3. The van der Waals surface area contributed by atoms with Crippen LogP contribution >= 0.6 is 0 Å². The third-order valence-electron chi connectivity index (χ3n) is 6.49. The molecule has 0 aliphatic rings. The molecule has 0 radical (unpaired) electrons. The molecule has 0 saturated carbocycles. The molecule has 0 bridgehead atoms. The molecule has 2 aromatic carbocycles. The fourth-order valence-corrected chi connectivity index (χ4v) is 4.62. The van der Waals surface area contributed by atoms with Crippen molar-refractivity contribution in [3.05, 3.63) is 100 Å². The molecule has 1 unspecified atom stereocenters. The number of ketones is 1. The van der Waals surface area contributed by atoms with E-state index in [9.17, 15) is 31.5 Å². The monoisotopic (exact) mass is 588 g/mol. The number of carbonyl (C=O) groups excluding carboxylic acids is 2. The number of carbonyl (C=O) groups is 2. The van der Waals surface area contributed by atoms with Gasteiger partial charge in [0, 0.05) is 31.2 Å². The average Bonchev–Trinajstić information content (AvgIpc) is 3.23. The second-order valence-electron chi connectivity index (χ2n) is 10.9. The number of Topliss-reactive ketones (excluding diaryl/α,β-unsaturated/α-hetero) is 1. The number of hydrogen-bond donors (Lipinski definition) is 0. The summed E-state index contributed by atoms with van der Waals surface area (Å²) in [6.45, 7) is 6.20. The highest BCUT2D eigenvalue weighted by molar-refractivity contribution is 5.97. The summed E-state index contributed by atoms with van der Waals surface area (Å²) in [6, 6.07) is 7.48. The SMILES string of the molecule is Cc1nc2c(OCc3c(F)cc(F)cc3F)cccn2c1C(=O)CC(CCC(=O)OC(C)(C)C)c1ccc(F)c(F)c1. The van der Waals surface area contributed by atoms with Crippen molar-refractivity contribution < 1.29 is 41.0 Å². The zero-order chi connectivity index (χ0) is 30.8. The van der Waals surface area contributed by atoms with E-state index in [4.69, 9.17) is 9.47 Å². The Morgan fingerprint density at radius 1 is 0.952 bits per heavy atom. The van der Waals surface area contributed by atoms with Gasteiger partial charge in [0.05, 0.1) is 11.3 Å². The van der Waals surface area contributed by atoms with Gasteiger partial charge in [-0.15, -0.1) is 0 Å². The van der Waals surface area contributed by atoms with Crippen LogP contribution in [0.2, 0.25) is 0 Å². The van der Waals surface area contributed by atoms with E-state index in [0.29, 0.717) is 23.4 Å². The molecule has 222 valence electrons. The quantitative estimate of drug-likeness (QED) is 0.110. The molecule has 2 heterocycles. The normalized spacial score (nSPS) is 12.4. The summed E-state index contributed by atoms with van der Waals surface area (Å²) in [4.78, 5) is 30.4. The highest BCUT2D eigenvalue weighted by atomic mass is 19.2. The molecule has 0 N–H and O–H groups in total. The van der Waals surface area contributed by atoms with Crippen LogP contribution in [0, 0.1) is 36.0 Å². The van der Waals surface area contributed by atoms with E-state index in [-0.39, 0.29) is 36.4 Å². The molecule has 11 heteroatoms. The number of aromatic nitrogens is 2. The minimum atomic E-state index is -1.11. The number of rotatable bonds is 10. The zero-order valence-corrected chi connectivity index (χ0v) is 23.4. The standard InChI is InChI=1S/C31H29F5N2O4/c1-17-29(38-11-5-6-27(30(38)37-17)41-16-21-23(34)14-20(32)15-24(21)35)26(39)13-19(8-10-28(40)42-31(2,3)4)18-7-9-22(33)25(36)12-18/h5-7,9,11-12,14-15,19H,8,10,13,16H2,1-4H3. The van der Waals surface area contributed by atoms with E-state index in [2.05, 4.69) is 4.98 Å². The van der Waals surface area contributed by atoms with Gasteiger partial charge in [0.25, 0.3) is 0 Å². The van der Waals surface area contributed by atoms with Crippen molar-refractivity contribution in [1.29, 1.82) is 0 Å². The fourth-order valence-electron chi connectivity index (χ4n) is 4.62. The summed E-state index contributed by atoms with van der Waals surface area (Å²) >= 11 is 0. The minimum absolute atomic E-state index is 0.0607. The lowest BCUT2D eigenvalue weighted by molar-refractivity contribution is -0.155. The summed E-state index contributed by atoms with van der Waals surface area (Å²) in [7, 11) is 0. The van der Waals surface area contributed by atoms with E-state index in [1.807, 2.05) is 0 Å². The van der Waals surface area contributed by atoms with Crippen LogP contribution in [-0.2, 0) is 16.1 Å². The summed E-state index contributed by atoms with van der Waals surface area (Å²) in [5, 5.41) is 0. The first-order chi connectivity index (χ1) is 19.7. The number of hydrogen-bond acceptors (Lipinski definition) is 5. The van der Waals surface area contributed by atoms with E-state index in [1.165, 1.54) is 16.5 Å². The summed E-state index contributed by atoms with van der Waals surface area (Å²) in [5.41, 5.74) is -0.154. The molecule has 4 aromatic rings. The van der Waals surface area contributed by atoms with Crippen molar-refractivity contribution in [3.8, 4) is 5.75 Å². The Balaban J connectivity index is 1.60. The van der Waals surface area contributed by atoms with Gasteiger partial charge < -0.3 is 9.47 Å². The van der Waals surface area contributed by atoms with Crippen LogP contribution in [-0.4, -0.2) is 26.7 Å². The summed E-state index contributed by atoms with van der Waals surface area (Å²) in [5.74, 6) is -6.83. The van der Waals surface area contributed by atoms with E-state index in [0.717, 1.165) is 12.1 Å². The molecule has 0 aliphatic heterocycles. The number of halogens is 5. The zero-order valence-electron chi connectivity index (χ0n) is 23.4. The number of ether oxygens (including phenoxy) is 2. The van der Waals surface area contributed by atoms with Crippen molar-refractivity contribution in [3.63, 3.8) is 0 Å². The Bertz CT molecular complexity index is 1620. The van der Waals surface area contributed by atoms with Crippen molar-refractivity contribution in [2.45, 2.75) is 65.1 Å². The van der Waals surface area contributed by atoms with Gasteiger partial charge in [0.2, 0.25) is 0 Å². The van der Waals surface area contributed by atoms with Gasteiger partial charge in [0.1, 0.15) is 35.4 Å². The van der Waals surface area contributed by atoms with E-state index < -0.39 is 64.5 Å². The van der Waals surface area contributed by atoms with Crippen LogP contribution in [0.15, 0.2) is 48.7 Å². The molecule has 0 amide bonds. The van der Waals surface area contributed by atoms with E-state index in [1.54, 1.807) is 40.0 Å². The lowest BCUT2D eigenvalue weighted by atomic mass is 9.88.